The van der Waals surface area contributed by atoms with Crippen molar-refractivity contribution in [3.8, 4) is 11.5 Å². The second kappa shape index (κ2) is 9.24. The molecule has 1 aromatic rings. The first-order valence-corrected chi connectivity index (χ1v) is 10.7. The molecule has 0 atom stereocenters. The van der Waals surface area contributed by atoms with Crippen LogP contribution in [-0.2, 0) is 11.3 Å². The Balaban J connectivity index is 1.50. The monoisotopic (exact) mass is 404 g/mol. The van der Waals surface area contributed by atoms with Crippen LogP contribution >= 0.6 is 0 Å². The van der Waals surface area contributed by atoms with Crippen molar-refractivity contribution in [2.75, 3.05) is 33.8 Å². The third kappa shape index (κ3) is 6.01. The average molecular weight is 405 g/mol. The van der Waals surface area contributed by atoms with Crippen molar-refractivity contribution < 1.29 is 19.0 Å². The summed E-state index contributed by atoms with van der Waals surface area (Å²) in [5.74, 6) is 2.12. The number of benzene rings is 1. The molecule has 29 heavy (non-hydrogen) atoms. The number of amides is 1. The van der Waals surface area contributed by atoms with E-state index in [0.29, 0.717) is 12.5 Å². The van der Waals surface area contributed by atoms with Gasteiger partial charge in [-0.15, -0.1) is 0 Å². The maximum absolute atomic E-state index is 12.1. The molecule has 162 valence electrons. The molecule has 0 radical (unpaired) electrons. The Kier molecular flexibility index (Phi) is 6.93. The second-order valence-corrected chi connectivity index (χ2v) is 9.37. The molecule has 0 spiro atoms. The molecule has 1 saturated carbocycles. The number of likely N-dealkylation sites (tertiary alicyclic amines) is 1. The fourth-order valence-electron chi connectivity index (χ4n) is 4.09. The van der Waals surface area contributed by atoms with Gasteiger partial charge in [0.25, 0.3) is 0 Å². The number of hydrogen-bond donors (Lipinski definition) is 0. The van der Waals surface area contributed by atoms with Crippen LogP contribution in [0.15, 0.2) is 18.2 Å². The molecule has 2 fully saturated rings. The molecule has 3 rings (SSSR count). The van der Waals surface area contributed by atoms with Gasteiger partial charge in [-0.25, -0.2) is 4.79 Å². The zero-order chi connectivity index (χ0) is 21.0. The van der Waals surface area contributed by atoms with E-state index in [-0.39, 0.29) is 12.2 Å². The number of rotatable bonds is 7. The number of ether oxygens (including phenoxy) is 3. The standard InChI is InChI=1S/C23H36N2O4/c1-23(2,3)29-22(26)24(4)15-17-13-19(14-17)28-20-10-8-9-18(21(20)27-5)16-25-11-6-7-12-25/h8-10,17,19H,6-7,11-16H2,1-5H3. The van der Waals surface area contributed by atoms with Crippen LogP contribution in [0.3, 0.4) is 0 Å². The highest BCUT2D eigenvalue weighted by atomic mass is 16.6. The van der Waals surface area contributed by atoms with Crippen LogP contribution < -0.4 is 9.47 Å². The van der Waals surface area contributed by atoms with E-state index in [0.717, 1.165) is 44.0 Å². The highest BCUT2D eigenvalue weighted by Gasteiger charge is 2.34. The molecule has 1 heterocycles. The van der Waals surface area contributed by atoms with Crippen molar-refractivity contribution in [2.24, 2.45) is 5.92 Å². The third-order valence-electron chi connectivity index (χ3n) is 5.58. The van der Waals surface area contributed by atoms with Gasteiger partial charge < -0.3 is 19.1 Å². The van der Waals surface area contributed by atoms with E-state index in [1.54, 1.807) is 19.1 Å². The summed E-state index contributed by atoms with van der Waals surface area (Å²) >= 11 is 0. The molecule has 1 aromatic carbocycles. The lowest BCUT2D eigenvalue weighted by Gasteiger charge is -2.38. The van der Waals surface area contributed by atoms with E-state index in [1.165, 1.54) is 18.4 Å². The normalized spacial score (nSPS) is 22.1. The van der Waals surface area contributed by atoms with Gasteiger partial charge in [-0.2, -0.15) is 0 Å². The zero-order valence-electron chi connectivity index (χ0n) is 18.6. The lowest BCUT2D eigenvalue weighted by Crippen LogP contribution is -2.43. The largest absolute Gasteiger partial charge is 0.493 e. The first-order valence-electron chi connectivity index (χ1n) is 10.7. The first kappa shape index (κ1) is 21.8. The summed E-state index contributed by atoms with van der Waals surface area (Å²) in [5, 5.41) is 0. The van der Waals surface area contributed by atoms with Gasteiger partial charge in [-0.05, 0) is 71.5 Å². The van der Waals surface area contributed by atoms with E-state index in [1.807, 2.05) is 26.8 Å². The van der Waals surface area contributed by atoms with E-state index in [4.69, 9.17) is 14.2 Å². The van der Waals surface area contributed by atoms with Crippen molar-refractivity contribution in [2.45, 2.75) is 64.7 Å². The summed E-state index contributed by atoms with van der Waals surface area (Å²) in [6, 6.07) is 6.17. The van der Waals surface area contributed by atoms with Crippen LogP contribution in [0.4, 0.5) is 4.79 Å². The van der Waals surface area contributed by atoms with Gasteiger partial charge in [0.15, 0.2) is 11.5 Å². The van der Waals surface area contributed by atoms with Gasteiger partial charge in [0.1, 0.15) is 5.60 Å². The molecule has 0 bridgehead atoms. The Morgan fingerprint density at radius 2 is 1.90 bits per heavy atom. The maximum Gasteiger partial charge on any atom is 0.410 e. The fraction of sp³-hybridized carbons (Fsp3) is 0.696. The molecular formula is C23H36N2O4. The quantitative estimate of drug-likeness (QED) is 0.678. The maximum atomic E-state index is 12.1. The van der Waals surface area contributed by atoms with Gasteiger partial charge in [-0.1, -0.05) is 12.1 Å². The summed E-state index contributed by atoms with van der Waals surface area (Å²) in [5.41, 5.74) is 0.722. The van der Waals surface area contributed by atoms with Gasteiger partial charge >= 0.3 is 6.09 Å². The average Bonchev–Trinajstić information content (AvgIpc) is 3.11. The minimum absolute atomic E-state index is 0.169. The number of para-hydroxylation sites is 1. The Morgan fingerprint density at radius 3 is 2.52 bits per heavy atom. The Bertz CT molecular complexity index is 689. The smallest absolute Gasteiger partial charge is 0.410 e. The molecule has 6 heteroatoms. The summed E-state index contributed by atoms with van der Waals surface area (Å²) < 4.78 is 17.4. The van der Waals surface area contributed by atoms with E-state index in [9.17, 15) is 4.79 Å². The Hall–Kier alpha value is -1.95. The van der Waals surface area contributed by atoms with Crippen LogP contribution in [0.2, 0.25) is 0 Å². The van der Waals surface area contributed by atoms with Crippen LogP contribution in [0, 0.1) is 5.92 Å². The zero-order valence-corrected chi connectivity index (χ0v) is 18.6. The number of hydrogen-bond acceptors (Lipinski definition) is 5. The fourth-order valence-corrected chi connectivity index (χ4v) is 4.09. The summed E-state index contributed by atoms with van der Waals surface area (Å²) in [6.07, 6.45) is 4.33. The number of methoxy groups -OCH3 is 1. The molecule has 1 saturated heterocycles. The topological polar surface area (TPSA) is 51.2 Å². The van der Waals surface area contributed by atoms with Gasteiger partial charge in [-0.3, -0.25) is 4.90 Å². The summed E-state index contributed by atoms with van der Waals surface area (Å²) in [6.45, 7) is 9.58. The van der Waals surface area contributed by atoms with E-state index < -0.39 is 5.60 Å². The Morgan fingerprint density at radius 1 is 1.21 bits per heavy atom. The van der Waals surface area contributed by atoms with Crippen LogP contribution in [-0.4, -0.2) is 61.4 Å². The number of carbonyl (C=O) groups excluding carboxylic acids is 1. The highest BCUT2D eigenvalue weighted by molar-refractivity contribution is 5.67. The summed E-state index contributed by atoms with van der Waals surface area (Å²) in [4.78, 5) is 16.3. The SMILES string of the molecule is COc1c(CN2CCCC2)cccc1OC1CC(CN(C)C(=O)OC(C)(C)C)C1. The predicted molar refractivity (Wildman–Crippen MR) is 114 cm³/mol. The molecule has 6 nitrogen and oxygen atoms in total. The highest BCUT2D eigenvalue weighted by Crippen LogP contribution is 2.38. The minimum Gasteiger partial charge on any atom is -0.493 e. The predicted octanol–water partition coefficient (Wildman–Crippen LogP) is 4.32. The van der Waals surface area contributed by atoms with Crippen molar-refractivity contribution in [3.63, 3.8) is 0 Å². The van der Waals surface area contributed by atoms with E-state index in [2.05, 4.69) is 17.0 Å². The van der Waals surface area contributed by atoms with Crippen molar-refractivity contribution in [3.05, 3.63) is 23.8 Å². The van der Waals surface area contributed by atoms with Gasteiger partial charge in [0, 0.05) is 25.7 Å². The van der Waals surface area contributed by atoms with Crippen molar-refractivity contribution in [1.82, 2.24) is 9.80 Å². The Labute approximate surface area is 175 Å². The van der Waals surface area contributed by atoms with Crippen LogP contribution in [0.25, 0.3) is 0 Å². The lowest BCUT2D eigenvalue weighted by molar-refractivity contribution is 0.0114. The lowest BCUT2D eigenvalue weighted by atomic mass is 9.82. The molecule has 0 N–H and O–H groups in total. The molecule has 2 aliphatic rings. The van der Waals surface area contributed by atoms with E-state index >= 15 is 0 Å². The van der Waals surface area contributed by atoms with Crippen LogP contribution in [0.1, 0.15) is 52.0 Å². The van der Waals surface area contributed by atoms with Crippen molar-refractivity contribution in [1.29, 1.82) is 0 Å². The second-order valence-electron chi connectivity index (χ2n) is 9.37. The minimum atomic E-state index is -0.465. The van der Waals surface area contributed by atoms with Crippen molar-refractivity contribution >= 4 is 6.09 Å². The molecule has 1 aliphatic carbocycles. The summed E-state index contributed by atoms with van der Waals surface area (Å²) in [7, 11) is 3.52. The van der Waals surface area contributed by atoms with Crippen LogP contribution in [0.5, 0.6) is 11.5 Å². The van der Waals surface area contributed by atoms with Gasteiger partial charge in [0.2, 0.25) is 0 Å². The molecule has 0 unspecified atom stereocenters. The molecule has 1 amide bonds. The van der Waals surface area contributed by atoms with Gasteiger partial charge in [0.05, 0.1) is 13.2 Å². The number of nitrogens with zero attached hydrogens (tertiary/aromatic N) is 2. The molecular weight excluding hydrogens is 368 g/mol. The third-order valence-corrected chi connectivity index (χ3v) is 5.58. The molecule has 0 aromatic heterocycles. The molecule has 1 aliphatic heterocycles. The first-order chi connectivity index (χ1) is 13.7. The number of carbonyl (C=O) groups is 1.